The summed E-state index contributed by atoms with van der Waals surface area (Å²) in [6, 6.07) is 1.78. The van der Waals surface area contributed by atoms with Gasteiger partial charge in [0, 0.05) is 19.2 Å². The molecule has 0 unspecified atom stereocenters. The fourth-order valence-corrected chi connectivity index (χ4v) is 1.38. The van der Waals surface area contributed by atoms with Gasteiger partial charge < -0.3 is 14.7 Å². The molecule has 1 aromatic rings. The molecular formula is C9H14IN3O2. The molecule has 0 spiro atoms. The first-order valence-electron chi connectivity index (χ1n) is 4.62. The third kappa shape index (κ3) is 5.24. The van der Waals surface area contributed by atoms with Crippen LogP contribution in [-0.2, 0) is 0 Å². The first-order chi connectivity index (χ1) is 7.22. The van der Waals surface area contributed by atoms with Crippen molar-refractivity contribution in [2.45, 2.75) is 0 Å². The zero-order chi connectivity index (χ0) is 11.1. The van der Waals surface area contributed by atoms with Crippen LogP contribution in [0.3, 0.4) is 0 Å². The molecule has 0 aromatic carbocycles. The fourth-order valence-electron chi connectivity index (χ4n) is 0.985. The van der Waals surface area contributed by atoms with Crippen LogP contribution in [-0.4, -0.2) is 53.3 Å². The lowest BCUT2D eigenvalue weighted by molar-refractivity contribution is 0.190. The van der Waals surface area contributed by atoms with Crippen LogP contribution in [0, 0.1) is 3.70 Å². The Hall–Kier alpha value is -0.470. The van der Waals surface area contributed by atoms with E-state index in [0.29, 0.717) is 19.0 Å². The molecule has 0 aliphatic carbocycles. The number of aliphatic hydroxyl groups excluding tert-OH is 1. The van der Waals surface area contributed by atoms with Crippen LogP contribution in [0.1, 0.15) is 0 Å². The summed E-state index contributed by atoms with van der Waals surface area (Å²) in [5.74, 6) is 0.590. The summed E-state index contributed by atoms with van der Waals surface area (Å²) in [7, 11) is 1.93. The number of aliphatic hydroxyl groups is 1. The van der Waals surface area contributed by atoms with Gasteiger partial charge in [-0.25, -0.2) is 9.97 Å². The predicted octanol–water partition coefficient (Wildman–Crippen LogP) is 0.384. The van der Waals surface area contributed by atoms with Gasteiger partial charge in [-0.15, -0.1) is 0 Å². The van der Waals surface area contributed by atoms with Crippen molar-refractivity contribution in [3.63, 3.8) is 0 Å². The van der Waals surface area contributed by atoms with Crippen molar-refractivity contribution in [1.82, 2.24) is 14.9 Å². The normalized spacial score (nSPS) is 10.7. The summed E-state index contributed by atoms with van der Waals surface area (Å²) in [4.78, 5) is 9.93. The highest BCUT2D eigenvalue weighted by molar-refractivity contribution is 14.1. The van der Waals surface area contributed by atoms with Crippen molar-refractivity contribution >= 4 is 22.6 Å². The Morgan fingerprint density at radius 3 is 2.93 bits per heavy atom. The summed E-state index contributed by atoms with van der Waals surface area (Å²) in [6.45, 7) is 2.15. The van der Waals surface area contributed by atoms with Crippen molar-refractivity contribution in [2.24, 2.45) is 0 Å². The lowest BCUT2D eigenvalue weighted by atomic mass is 10.5. The molecule has 1 heterocycles. The van der Waals surface area contributed by atoms with Crippen molar-refractivity contribution < 1.29 is 9.84 Å². The van der Waals surface area contributed by atoms with Gasteiger partial charge in [0.15, 0.2) is 0 Å². The molecule has 0 aliphatic heterocycles. The SMILES string of the molecule is CN(CCO)CCOc1cc(I)ncn1. The lowest BCUT2D eigenvalue weighted by Crippen LogP contribution is -2.27. The second kappa shape index (κ2) is 6.91. The van der Waals surface area contributed by atoms with Crippen molar-refractivity contribution in [2.75, 3.05) is 33.4 Å². The van der Waals surface area contributed by atoms with E-state index in [1.54, 1.807) is 6.07 Å². The molecule has 0 fully saturated rings. The Bertz CT molecular complexity index is 298. The molecule has 0 aliphatic rings. The van der Waals surface area contributed by atoms with E-state index in [0.717, 1.165) is 10.2 Å². The third-order valence-corrected chi connectivity index (χ3v) is 2.40. The lowest BCUT2D eigenvalue weighted by Gasteiger charge is -2.14. The van der Waals surface area contributed by atoms with Gasteiger partial charge in [-0.05, 0) is 29.6 Å². The van der Waals surface area contributed by atoms with Gasteiger partial charge in [0.25, 0.3) is 0 Å². The maximum Gasteiger partial charge on any atom is 0.217 e. The minimum absolute atomic E-state index is 0.169. The summed E-state index contributed by atoms with van der Waals surface area (Å²) in [5, 5.41) is 8.69. The van der Waals surface area contributed by atoms with E-state index in [1.807, 2.05) is 11.9 Å². The Balaban J connectivity index is 2.25. The van der Waals surface area contributed by atoms with Gasteiger partial charge >= 0.3 is 0 Å². The molecule has 0 radical (unpaired) electrons. The van der Waals surface area contributed by atoms with E-state index < -0.39 is 0 Å². The zero-order valence-corrected chi connectivity index (χ0v) is 10.7. The standard InChI is InChI=1S/C9H14IN3O2/c1-13(2-4-14)3-5-15-9-6-8(10)11-7-12-9/h6-7,14H,2-5H2,1H3. The number of nitrogens with zero attached hydrogens (tertiary/aromatic N) is 3. The van der Waals surface area contributed by atoms with Crippen molar-refractivity contribution in [3.05, 3.63) is 16.1 Å². The van der Waals surface area contributed by atoms with E-state index in [9.17, 15) is 0 Å². The summed E-state index contributed by atoms with van der Waals surface area (Å²) in [5.41, 5.74) is 0. The van der Waals surface area contributed by atoms with Crippen LogP contribution in [0.25, 0.3) is 0 Å². The van der Waals surface area contributed by atoms with E-state index in [2.05, 4.69) is 32.6 Å². The minimum atomic E-state index is 0.169. The largest absolute Gasteiger partial charge is 0.476 e. The van der Waals surface area contributed by atoms with Gasteiger partial charge in [0.05, 0.1) is 6.61 Å². The summed E-state index contributed by atoms with van der Waals surface area (Å²) >= 11 is 2.11. The highest BCUT2D eigenvalue weighted by Crippen LogP contribution is 2.08. The number of hydrogen-bond acceptors (Lipinski definition) is 5. The predicted molar refractivity (Wildman–Crippen MR) is 64.8 cm³/mol. The molecule has 0 saturated carbocycles. The monoisotopic (exact) mass is 323 g/mol. The van der Waals surface area contributed by atoms with Crippen molar-refractivity contribution in [1.29, 1.82) is 0 Å². The first kappa shape index (κ1) is 12.6. The molecule has 0 amide bonds. The smallest absolute Gasteiger partial charge is 0.217 e. The fraction of sp³-hybridized carbons (Fsp3) is 0.556. The van der Waals surface area contributed by atoms with Gasteiger partial charge in [-0.3, -0.25) is 0 Å². The maximum atomic E-state index is 8.69. The van der Waals surface area contributed by atoms with Crippen LogP contribution in [0.4, 0.5) is 0 Å². The van der Waals surface area contributed by atoms with Crippen LogP contribution in [0.2, 0.25) is 0 Å². The Morgan fingerprint density at radius 2 is 2.27 bits per heavy atom. The first-order valence-corrected chi connectivity index (χ1v) is 5.70. The van der Waals surface area contributed by atoms with Crippen LogP contribution < -0.4 is 4.74 Å². The molecule has 1 rings (SSSR count). The molecule has 6 heteroatoms. The molecule has 84 valence electrons. The summed E-state index contributed by atoms with van der Waals surface area (Å²) < 4.78 is 6.29. The minimum Gasteiger partial charge on any atom is -0.476 e. The molecule has 15 heavy (non-hydrogen) atoms. The van der Waals surface area contributed by atoms with Crippen molar-refractivity contribution in [3.8, 4) is 5.88 Å². The Morgan fingerprint density at radius 1 is 1.47 bits per heavy atom. The Kier molecular flexibility index (Phi) is 5.81. The van der Waals surface area contributed by atoms with Crippen LogP contribution >= 0.6 is 22.6 Å². The average molecular weight is 323 g/mol. The highest BCUT2D eigenvalue weighted by atomic mass is 127. The average Bonchev–Trinajstić information content (AvgIpc) is 2.18. The molecule has 0 atom stereocenters. The number of ether oxygens (including phenoxy) is 1. The third-order valence-electron chi connectivity index (χ3n) is 1.81. The number of likely N-dealkylation sites (N-methyl/N-ethyl adjacent to an activating group) is 1. The maximum absolute atomic E-state index is 8.69. The Labute approximate surface area is 103 Å². The van der Waals surface area contributed by atoms with E-state index in [-0.39, 0.29) is 6.61 Å². The molecule has 5 nitrogen and oxygen atoms in total. The van der Waals surface area contributed by atoms with E-state index >= 15 is 0 Å². The number of aromatic nitrogens is 2. The quantitative estimate of drug-likeness (QED) is 0.606. The second-order valence-electron chi connectivity index (χ2n) is 3.05. The molecule has 0 saturated heterocycles. The molecular weight excluding hydrogens is 309 g/mol. The molecule has 1 N–H and O–H groups in total. The number of halogens is 1. The van der Waals surface area contributed by atoms with Crippen LogP contribution in [0.5, 0.6) is 5.88 Å². The highest BCUT2D eigenvalue weighted by Gasteiger charge is 1.99. The number of rotatable bonds is 6. The molecule has 1 aromatic heterocycles. The van der Waals surface area contributed by atoms with E-state index in [1.165, 1.54) is 6.33 Å². The van der Waals surface area contributed by atoms with E-state index in [4.69, 9.17) is 9.84 Å². The topological polar surface area (TPSA) is 58.5 Å². The second-order valence-corrected chi connectivity index (χ2v) is 4.16. The zero-order valence-electron chi connectivity index (χ0n) is 8.56. The molecule has 0 bridgehead atoms. The van der Waals surface area contributed by atoms with Gasteiger partial charge in [0.1, 0.15) is 16.6 Å². The van der Waals surface area contributed by atoms with Gasteiger partial charge in [0.2, 0.25) is 5.88 Å². The van der Waals surface area contributed by atoms with Gasteiger partial charge in [-0.1, -0.05) is 0 Å². The van der Waals surface area contributed by atoms with Gasteiger partial charge in [-0.2, -0.15) is 0 Å². The number of hydrogen-bond donors (Lipinski definition) is 1. The van der Waals surface area contributed by atoms with Crippen LogP contribution in [0.15, 0.2) is 12.4 Å². The summed E-state index contributed by atoms with van der Waals surface area (Å²) in [6.07, 6.45) is 1.48.